The van der Waals surface area contributed by atoms with Crippen LogP contribution in [0.4, 0.5) is 0 Å². The zero-order valence-electron chi connectivity index (χ0n) is 8.84. The monoisotopic (exact) mass is 229 g/mol. The fourth-order valence-corrected chi connectivity index (χ4v) is 2.32. The predicted octanol–water partition coefficient (Wildman–Crippen LogP) is 2.35. The normalized spacial score (nSPS) is 19.7. The zero-order chi connectivity index (χ0) is 11.5. The van der Waals surface area contributed by atoms with Gasteiger partial charge < -0.3 is 5.73 Å². The van der Waals surface area contributed by atoms with E-state index in [9.17, 15) is 0 Å². The molecule has 16 heavy (non-hydrogen) atoms. The molecule has 2 N–H and O–H groups in total. The first-order valence-electron chi connectivity index (χ1n) is 4.87. The maximum Gasteiger partial charge on any atom is 0.148 e. The van der Waals surface area contributed by atoms with Crippen molar-refractivity contribution in [2.45, 2.75) is 12.4 Å². The van der Waals surface area contributed by atoms with Crippen LogP contribution in [0.15, 0.2) is 34.7 Å². The minimum Gasteiger partial charge on any atom is -0.301 e. The summed E-state index contributed by atoms with van der Waals surface area (Å²) < 4.78 is 0. The van der Waals surface area contributed by atoms with Crippen molar-refractivity contribution < 1.29 is 0 Å². The lowest BCUT2D eigenvalue weighted by Gasteiger charge is -2.15. The molecular weight excluding hydrogens is 218 g/mol. The zero-order valence-corrected chi connectivity index (χ0v) is 9.66. The number of benzene rings is 1. The van der Waals surface area contributed by atoms with Crippen molar-refractivity contribution in [3.63, 3.8) is 0 Å². The molecule has 0 radical (unpaired) electrons. The van der Waals surface area contributed by atoms with E-state index in [0.29, 0.717) is 5.56 Å². The van der Waals surface area contributed by atoms with E-state index in [1.807, 2.05) is 36.6 Å². The summed E-state index contributed by atoms with van der Waals surface area (Å²) in [5.74, 6) is 0. The Labute approximate surface area is 98.7 Å². The number of allylic oxidation sites excluding steroid dienone is 1. The Hall–Kier alpha value is -1.57. The number of aliphatic imine (C=N–C) groups is 1. The van der Waals surface area contributed by atoms with E-state index in [2.05, 4.69) is 11.1 Å². The number of nitriles is 1. The van der Waals surface area contributed by atoms with Crippen molar-refractivity contribution in [2.24, 2.45) is 10.7 Å². The van der Waals surface area contributed by atoms with Crippen LogP contribution >= 0.6 is 11.8 Å². The summed E-state index contributed by atoms with van der Waals surface area (Å²) in [4.78, 5) is 4.31. The first-order valence-corrected chi connectivity index (χ1v) is 5.81. The number of nitrogens with zero attached hydrogens (tertiary/aromatic N) is 2. The summed E-state index contributed by atoms with van der Waals surface area (Å²) in [7, 11) is 0. The third-order valence-electron chi connectivity index (χ3n) is 2.36. The highest BCUT2D eigenvalue weighted by atomic mass is 32.2. The molecule has 1 aliphatic rings. The van der Waals surface area contributed by atoms with Gasteiger partial charge in [-0.05, 0) is 30.0 Å². The molecule has 0 bridgehead atoms. The Morgan fingerprint density at radius 1 is 1.38 bits per heavy atom. The van der Waals surface area contributed by atoms with Crippen LogP contribution in [-0.4, -0.2) is 11.2 Å². The molecule has 1 atom stereocenters. The van der Waals surface area contributed by atoms with Crippen LogP contribution in [0.5, 0.6) is 0 Å². The van der Waals surface area contributed by atoms with Crippen LogP contribution in [0.25, 0.3) is 5.57 Å². The second-order valence-electron chi connectivity index (χ2n) is 3.46. The van der Waals surface area contributed by atoms with Gasteiger partial charge in [0.1, 0.15) is 5.50 Å². The minimum absolute atomic E-state index is 0.192. The van der Waals surface area contributed by atoms with Crippen molar-refractivity contribution in [3.05, 3.63) is 40.8 Å². The molecule has 0 aromatic heterocycles. The van der Waals surface area contributed by atoms with Crippen LogP contribution in [-0.2, 0) is 0 Å². The predicted molar refractivity (Wildman–Crippen MR) is 67.8 cm³/mol. The summed E-state index contributed by atoms with van der Waals surface area (Å²) in [5.41, 5.74) is 9.26. The first-order chi connectivity index (χ1) is 7.70. The number of nitrogens with two attached hydrogens (primary N) is 1. The van der Waals surface area contributed by atoms with E-state index < -0.39 is 0 Å². The highest BCUT2D eigenvalue weighted by Crippen LogP contribution is 2.27. The van der Waals surface area contributed by atoms with Gasteiger partial charge in [0.25, 0.3) is 0 Å². The summed E-state index contributed by atoms with van der Waals surface area (Å²) in [6, 6.07) is 9.58. The van der Waals surface area contributed by atoms with Gasteiger partial charge in [-0.3, -0.25) is 4.99 Å². The maximum atomic E-state index is 8.72. The van der Waals surface area contributed by atoms with E-state index in [4.69, 9.17) is 11.0 Å². The Balaban J connectivity index is 2.32. The summed E-state index contributed by atoms with van der Waals surface area (Å²) >= 11 is 1.50. The van der Waals surface area contributed by atoms with Crippen molar-refractivity contribution in [3.8, 4) is 6.07 Å². The van der Waals surface area contributed by atoms with E-state index in [1.54, 1.807) is 0 Å². The van der Waals surface area contributed by atoms with Crippen LogP contribution in [0.2, 0.25) is 0 Å². The van der Waals surface area contributed by atoms with E-state index in [1.165, 1.54) is 11.8 Å². The van der Waals surface area contributed by atoms with Gasteiger partial charge >= 0.3 is 0 Å². The highest BCUT2D eigenvalue weighted by molar-refractivity contribution is 8.02. The largest absolute Gasteiger partial charge is 0.301 e. The van der Waals surface area contributed by atoms with Gasteiger partial charge in [0.15, 0.2) is 0 Å². The second kappa shape index (κ2) is 4.52. The fourth-order valence-electron chi connectivity index (χ4n) is 1.52. The molecule has 4 heteroatoms. The molecule has 1 heterocycles. The van der Waals surface area contributed by atoms with Crippen molar-refractivity contribution >= 4 is 23.0 Å². The van der Waals surface area contributed by atoms with Gasteiger partial charge in [0, 0.05) is 11.3 Å². The van der Waals surface area contributed by atoms with E-state index in [0.717, 1.165) is 16.8 Å². The summed E-state index contributed by atoms with van der Waals surface area (Å²) in [6.07, 6.45) is 0. The number of hydrogen-bond donors (Lipinski definition) is 1. The van der Waals surface area contributed by atoms with Crippen LogP contribution in [0.3, 0.4) is 0 Å². The Bertz CT molecular complexity index is 494. The quantitative estimate of drug-likeness (QED) is 0.804. The number of rotatable bonds is 1. The molecule has 80 valence electrons. The highest BCUT2D eigenvalue weighted by Gasteiger charge is 2.12. The molecule has 1 aliphatic heterocycles. The Morgan fingerprint density at radius 3 is 2.62 bits per heavy atom. The van der Waals surface area contributed by atoms with Crippen LogP contribution in [0, 0.1) is 11.3 Å². The third kappa shape index (κ3) is 2.16. The van der Waals surface area contributed by atoms with E-state index >= 15 is 0 Å². The maximum absolute atomic E-state index is 8.72. The van der Waals surface area contributed by atoms with Crippen molar-refractivity contribution in [2.75, 3.05) is 0 Å². The molecule has 1 unspecified atom stereocenters. The Kier molecular flexibility index (Phi) is 3.09. The molecule has 2 rings (SSSR count). The average molecular weight is 229 g/mol. The van der Waals surface area contributed by atoms with Gasteiger partial charge in [0.2, 0.25) is 0 Å². The van der Waals surface area contributed by atoms with Gasteiger partial charge in [-0.15, -0.1) is 0 Å². The Morgan fingerprint density at radius 2 is 2.06 bits per heavy atom. The van der Waals surface area contributed by atoms with Crippen LogP contribution < -0.4 is 5.73 Å². The molecule has 0 saturated carbocycles. The summed E-state index contributed by atoms with van der Waals surface area (Å²) in [6.45, 7) is 1.95. The molecule has 0 aliphatic carbocycles. The van der Waals surface area contributed by atoms with Crippen molar-refractivity contribution in [1.82, 2.24) is 0 Å². The molecule has 3 nitrogen and oxygen atoms in total. The minimum atomic E-state index is -0.192. The lowest BCUT2D eigenvalue weighted by Crippen LogP contribution is -2.17. The topological polar surface area (TPSA) is 62.2 Å². The SMILES string of the molecule is CC1=NC(N)SC=C1c1ccc(C#N)cc1. The van der Waals surface area contributed by atoms with Gasteiger partial charge in [0.05, 0.1) is 11.6 Å². The second-order valence-corrected chi connectivity index (χ2v) is 4.45. The summed E-state index contributed by atoms with van der Waals surface area (Å²) in [5, 5.41) is 10.7. The van der Waals surface area contributed by atoms with Gasteiger partial charge in [-0.2, -0.15) is 5.26 Å². The molecule has 0 spiro atoms. The lowest BCUT2D eigenvalue weighted by atomic mass is 10.0. The van der Waals surface area contributed by atoms with Gasteiger partial charge in [-0.25, -0.2) is 0 Å². The first kappa shape index (κ1) is 10.9. The molecule has 0 saturated heterocycles. The fraction of sp³-hybridized carbons (Fsp3) is 0.167. The molecular formula is C12H11N3S. The molecule has 0 amide bonds. The third-order valence-corrected chi connectivity index (χ3v) is 3.12. The average Bonchev–Trinajstić information content (AvgIpc) is 2.29. The van der Waals surface area contributed by atoms with Crippen molar-refractivity contribution in [1.29, 1.82) is 5.26 Å². The lowest BCUT2D eigenvalue weighted by molar-refractivity contribution is 0.990. The number of thioether (sulfide) groups is 1. The molecule has 0 fully saturated rings. The van der Waals surface area contributed by atoms with Gasteiger partial charge in [-0.1, -0.05) is 23.9 Å². The van der Waals surface area contributed by atoms with Crippen LogP contribution in [0.1, 0.15) is 18.1 Å². The molecule has 1 aromatic rings. The standard InChI is InChI=1S/C12H11N3S/c1-8-11(7-16-12(14)15-8)10-4-2-9(6-13)3-5-10/h2-5,7,12H,14H2,1H3. The number of hydrogen-bond acceptors (Lipinski definition) is 4. The van der Waals surface area contributed by atoms with E-state index in [-0.39, 0.29) is 5.50 Å². The smallest absolute Gasteiger partial charge is 0.148 e. The molecule has 1 aromatic carbocycles.